The van der Waals surface area contributed by atoms with E-state index in [1.54, 1.807) is 28.4 Å². The van der Waals surface area contributed by atoms with Gasteiger partial charge in [0.15, 0.2) is 117 Å². The summed E-state index contributed by atoms with van der Waals surface area (Å²) in [5.41, 5.74) is 18.1. The fourth-order valence-corrected chi connectivity index (χ4v) is 16.6. The molecule has 0 saturated heterocycles. The number of fused-ring (bicyclic) bond motifs is 20. The van der Waals surface area contributed by atoms with Gasteiger partial charge in [-0.25, -0.2) is 0 Å². The van der Waals surface area contributed by atoms with Gasteiger partial charge in [-0.05, 0) is 194 Å². The number of hydrogen-bond acceptors (Lipinski definition) is 18. The van der Waals surface area contributed by atoms with Crippen molar-refractivity contribution in [2.24, 2.45) is 0 Å². The lowest BCUT2D eigenvalue weighted by molar-refractivity contribution is -0.686. The maximum atomic E-state index is 5.95. The monoisotopic (exact) mass is 1530 g/mol. The summed E-state index contributed by atoms with van der Waals surface area (Å²) in [6, 6.07) is 38.9. The molecule has 0 spiro atoms. The van der Waals surface area contributed by atoms with Crippen LogP contribution in [0.15, 0.2) is 122 Å². The SMILES string of the molecule is C.C.CCOc1c(OC)ccc2c1CN1CCc3cc4c(cc3C1C2)OCO4.CCOc1c(OC)ccc2c1CN1CCc3cc4c(cc3C1C2)OCO4.CCOc1c(OC)ccc2cc3[n+](cc12)CCc1cc2c(cc1-3)OCO2.CCOc1c(OC)ccc2cc3[n+](cc12)CCc1cc2c(cc1-3)OCO2.F.[Cl-].[Cl-].[HH]. The molecule has 0 saturated carbocycles. The van der Waals surface area contributed by atoms with Gasteiger partial charge in [-0.15, -0.1) is 0 Å². The molecule has 10 aliphatic heterocycles. The van der Waals surface area contributed by atoms with Gasteiger partial charge in [0.2, 0.25) is 38.6 Å². The second-order valence-corrected chi connectivity index (χ2v) is 27.0. The molecule has 10 aromatic rings. The first kappa shape index (κ1) is 78.4. The van der Waals surface area contributed by atoms with Gasteiger partial charge in [0.25, 0.3) is 0 Å². The number of benzene rings is 8. The van der Waals surface area contributed by atoms with Crippen LogP contribution in [-0.4, -0.2) is 105 Å². The molecule has 0 radical (unpaired) electrons. The van der Waals surface area contributed by atoms with Crippen molar-refractivity contribution in [1.29, 1.82) is 0 Å². The highest BCUT2D eigenvalue weighted by molar-refractivity contribution is 5.93. The minimum atomic E-state index is 0. The van der Waals surface area contributed by atoms with Crippen LogP contribution in [0.5, 0.6) is 92.0 Å². The number of aromatic nitrogens is 2. The maximum Gasteiger partial charge on any atom is 0.231 e. The third-order valence-electron chi connectivity index (χ3n) is 21.6. The standard InChI is InChI=1S/2C21H23NO4.2C21H20NO4.2CH4.2ClH.FH.H2/c4*1-3-24-21-16-11-22-7-6-14-9-19-20(26-12-25-19)10-15(14)17(22)8-13(16)4-5-18(21)23-2;;;;;;/h2*4-5,9-10,17H,3,6-8,11-12H2,1-2H3;2*4-5,8-11H,3,6-7,12H2,1-2H3;2*1H4;4*1H/q;;2*+1;;;;;;/p-2. The number of ether oxygens (including phenoxy) is 16. The van der Waals surface area contributed by atoms with Crippen LogP contribution in [0.1, 0.15) is 112 Å². The Morgan fingerprint density at radius 2 is 0.706 bits per heavy atom. The van der Waals surface area contributed by atoms with Crippen LogP contribution in [0.25, 0.3) is 44.1 Å². The summed E-state index contributed by atoms with van der Waals surface area (Å²) in [6.07, 6.45) is 10.3. The van der Waals surface area contributed by atoms with E-state index in [1.807, 2.05) is 52.0 Å². The molecule has 0 aliphatic carbocycles. The Morgan fingerprint density at radius 3 is 1.06 bits per heavy atom. The van der Waals surface area contributed by atoms with E-state index >= 15 is 0 Å². The highest BCUT2D eigenvalue weighted by Crippen LogP contribution is 2.51. The Bertz CT molecular complexity index is 4740. The molecule has 0 bridgehead atoms. The summed E-state index contributed by atoms with van der Waals surface area (Å²) in [4.78, 5) is 5.10. The Balaban J connectivity index is 0.000000143. The van der Waals surface area contributed by atoms with Crippen LogP contribution in [0.4, 0.5) is 4.70 Å². The second-order valence-electron chi connectivity index (χ2n) is 27.0. The number of aryl methyl sites for hydroxylation is 4. The molecule has 2 unspecified atom stereocenters. The average Bonchev–Trinajstić information content (AvgIpc) is 1.10. The molecule has 578 valence electrons. The lowest BCUT2D eigenvalue weighted by Crippen LogP contribution is -3.00. The van der Waals surface area contributed by atoms with Crippen LogP contribution < -0.4 is 110 Å². The van der Waals surface area contributed by atoms with E-state index in [9.17, 15) is 0 Å². The first-order chi connectivity index (χ1) is 51.1. The predicted molar refractivity (Wildman–Crippen MR) is 407 cm³/mol. The minimum absolute atomic E-state index is 0. The average molecular weight is 1530 g/mol. The topological polar surface area (TPSA) is 162 Å². The van der Waals surface area contributed by atoms with Gasteiger partial charge in [0.05, 0.1) is 76.8 Å². The summed E-state index contributed by atoms with van der Waals surface area (Å²) in [5, 5.41) is 4.40. The van der Waals surface area contributed by atoms with Crippen LogP contribution in [-0.2, 0) is 64.7 Å². The number of halogens is 3. The molecule has 10 aliphatic rings. The molecule has 12 heterocycles. The highest BCUT2D eigenvalue weighted by Gasteiger charge is 2.39. The zero-order valence-electron chi connectivity index (χ0n) is 61.3. The van der Waals surface area contributed by atoms with Crippen molar-refractivity contribution in [1.82, 2.24) is 9.80 Å². The molecule has 0 N–H and O–H groups in total. The van der Waals surface area contributed by atoms with Gasteiger partial charge in [-0.1, -0.05) is 27.0 Å². The van der Waals surface area contributed by atoms with Gasteiger partial charge in [-0.2, -0.15) is 9.13 Å². The van der Waals surface area contributed by atoms with Crippen LogP contribution >= 0.6 is 0 Å². The third-order valence-corrected chi connectivity index (χ3v) is 21.6. The molecule has 20 nitrogen and oxygen atoms in total. The van der Waals surface area contributed by atoms with E-state index in [1.165, 1.54) is 78.1 Å². The van der Waals surface area contributed by atoms with Crippen molar-refractivity contribution >= 4 is 21.5 Å². The van der Waals surface area contributed by atoms with E-state index < -0.39 is 0 Å². The zero-order valence-corrected chi connectivity index (χ0v) is 62.8. The first-order valence-corrected chi connectivity index (χ1v) is 36.3. The molecule has 109 heavy (non-hydrogen) atoms. The Hall–Kier alpha value is -10.2. The van der Waals surface area contributed by atoms with Gasteiger partial charge < -0.3 is 101 Å². The molecular formula is C86H97Cl2FN4O16. The smallest absolute Gasteiger partial charge is 0.231 e. The fourth-order valence-electron chi connectivity index (χ4n) is 16.6. The number of hydrogen-bond donors (Lipinski definition) is 0. The second kappa shape index (κ2) is 33.3. The quantitative estimate of drug-likeness (QED) is 0.106. The van der Waals surface area contributed by atoms with Crippen LogP contribution in [0.3, 0.4) is 0 Å². The molecular weight excluding hydrogens is 1430 g/mol. The van der Waals surface area contributed by atoms with Crippen LogP contribution in [0, 0.1) is 0 Å². The molecule has 20 rings (SSSR count). The van der Waals surface area contributed by atoms with Gasteiger partial charge >= 0.3 is 0 Å². The fraction of sp³-hybridized carbons (Fsp3) is 0.372. The maximum absolute atomic E-state index is 5.95. The number of nitrogens with zero attached hydrogens (tertiary/aromatic N) is 4. The van der Waals surface area contributed by atoms with E-state index in [-0.39, 0.29) is 45.8 Å². The summed E-state index contributed by atoms with van der Waals surface area (Å²) >= 11 is 0. The van der Waals surface area contributed by atoms with Crippen molar-refractivity contribution in [3.8, 4) is 115 Å². The predicted octanol–water partition coefficient (Wildman–Crippen LogP) is 9.61. The van der Waals surface area contributed by atoms with Crippen molar-refractivity contribution in [2.45, 2.75) is 119 Å². The zero-order chi connectivity index (χ0) is 70.7. The van der Waals surface area contributed by atoms with Crippen molar-refractivity contribution in [3.63, 3.8) is 0 Å². The molecule has 2 aromatic heterocycles. The Kier molecular flexibility index (Phi) is 24.0. The number of rotatable bonds is 12. The summed E-state index contributed by atoms with van der Waals surface area (Å²) < 4.78 is 94.9. The Labute approximate surface area is 650 Å². The van der Waals surface area contributed by atoms with Gasteiger partial charge in [-0.3, -0.25) is 14.5 Å². The Morgan fingerprint density at radius 1 is 0.385 bits per heavy atom. The lowest BCUT2D eigenvalue weighted by atomic mass is 9.83. The largest absolute Gasteiger partial charge is 1.00 e. The van der Waals surface area contributed by atoms with Crippen LogP contribution in [0.2, 0.25) is 0 Å². The van der Waals surface area contributed by atoms with E-state index in [2.05, 4.69) is 116 Å². The lowest BCUT2D eigenvalue weighted by Gasteiger charge is -2.42. The van der Waals surface area contributed by atoms with Crippen molar-refractivity contribution in [2.75, 3.05) is 95.1 Å². The van der Waals surface area contributed by atoms with E-state index in [0.29, 0.717) is 65.7 Å². The van der Waals surface area contributed by atoms with Gasteiger partial charge in [0.1, 0.15) is 0 Å². The first-order valence-electron chi connectivity index (χ1n) is 36.3. The highest BCUT2D eigenvalue weighted by atomic mass is 35.5. The molecule has 8 aromatic carbocycles. The molecule has 0 fully saturated rings. The minimum Gasteiger partial charge on any atom is -1.00 e. The summed E-state index contributed by atoms with van der Waals surface area (Å²) in [7, 11) is 6.76. The molecule has 23 heteroatoms. The third kappa shape index (κ3) is 14.4. The van der Waals surface area contributed by atoms with Crippen molar-refractivity contribution < 1.29 is 116 Å². The van der Waals surface area contributed by atoms with Crippen molar-refractivity contribution in [3.05, 3.63) is 177 Å². The summed E-state index contributed by atoms with van der Waals surface area (Å²) in [6.45, 7) is 17.4. The molecule has 0 amide bonds. The molecule has 2 atom stereocenters. The van der Waals surface area contributed by atoms with Gasteiger partial charge in [0, 0.05) is 75.8 Å². The number of methoxy groups -OCH3 is 4. The van der Waals surface area contributed by atoms with E-state index in [4.69, 9.17) is 75.8 Å². The van der Waals surface area contributed by atoms with E-state index in [0.717, 1.165) is 191 Å². The summed E-state index contributed by atoms with van der Waals surface area (Å²) in [5.74, 6) is 13.5. The number of pyridine rings is 2. The normalized spacial score (nSPS) is 16.3.